The van der Waals surface area contributed by atoms with Gasteiger partial charge in [-0.1, -0.05) is 30.3 Å². The molecule has 0 bridgehead atoms. The molecular formula is C23H25N3O4. The van der Waals surface area contributed by atoms with Crippen LogP contribution in [0.15, 0.2) is 42.6 Å². The molecule has 0 radical (unpaired) electrons. The normalized spacial score (nSPS) is 16.0. The number of benzene rings is 1. The second-order valence-corrected chi connectivity index (χ2v) is 7.55. The third-order valence-corrected chi connectivity index (χ3v) is 5.54. The van der Waals surface area contributed by atoms with E-state index in [0.717, 1.165) is 42.9 Å². The fourth-order valence-electron chi connectivity index (χ4n) is 3.91. The Labute approximate surface area is 175 Å². The molecule has 30 heavy (non-hydrogen) atoms. The Hall–Kier alpha value is -3.19. The van der Waals surface area contributed by atoms with E-state index in [1.807, 2.05) is 50.2 Å². The van der Waals surface area contributed by atoms with E-state index in [2.05, 4.69) is 14.8 Å². The minimum atomic E-state index is -0.580. The van der Waals surface area contributed by atoms with Crippen LogP contribution in [-0.2, 0) is 16.0 Å². The molecule has 0 spiro atoms. The van der Waals surface area contributed by atoms with Gasteiger partial charge in [-0.25, -0.2) is 4.79 Å². The summed E-state index contributed by atoms with van der Waals surface area (Å²) in [4.78, 5) is 25.3. The molecule has 3 aromatic rings. The zero-order valence-corrected chi connectivity index (χ0v) is 17.2. The van der Waals surface area contributed by atoms with Crippen LogP contribution < -0.4 is 0 Å². The Morgan fingerprint density at radius 1 is 1.23 bits per heavy atom. The summed E-state index contributed by atoms with van der Waals surface area (Å²) in [5.74, 6) is -0.802. The van der Waals surface area contributed by atoms with E-state index in [4.69, 9.17) is 9.47 Å². The molecule has 1 N–H and O–H groups in total. The molecule has 7 nitrogen and oxygen atoms in total. The fraction of sp³-hybridized carbons (Fsp3) is 0.348. The molecule has 1 saturated heterocycles. The van der Waals surface area contributed by atoms with Crippen molar-refractivity contribution in [3.8, 4) is 11.3 Å². The summed E-state index contributed by atoms with van der Waals surface area (Å²) in [6, 6.07) is 11.2. The Kier molecular flexibility index (Phi) is 5.81. The van der Waals surface area contributed by atoms with Crippen LogP contribution in [0.3, 0.4) is 0 Å². The van der Waals surface area contributed by atoms with Crippen molar-refractivity contribution in [1.82, 2.24) is 14.8 Å². The van der Waals surface area contributed by atoms with Gasteiger partial charge in [-0.05, 0) is 32.8 Å². The Morgan fingerprint density at radius 3 is 2.77 bits per heavy atom. The SMILES string of the molecule is Cc1cc(C(=O)COC(=O)c2cn[nH]c2-c2ccccc2)c(C)n1C[C@@H]1CCCO1. The van der Waals surface area contributed by atoms with Gasteiger partial charge < -0.3 is 14.0 Å². The molecule has 4 rings (SSSR count). The zero-order valence-electron chi connectivity index (χ0n) is 17.2. The van der Waals surface area contributed by atoms with Crippen molar-refractivity contribution in [3.05, 3.63) is 65.1 Å². The number of nitrogens with zero attached hydrogens (tertiary/aromatic N) is 2. The lowest BCUT2D eigenvalue weighted by molar-refractivity contribution is 0.0475. The van der Waals surface area contributed by atoms with Gasteiger partial charge >= 0.3 is 5.97 Å². The Bertz CT molecular complexity index is 1050. The molecule has 3 heterocycles. The molecule has 0 unspecified atom stereocenters. The van der Waals surface area contributed by atoms with E-state index in [0.29, 0.717) is 16.8 Å². The van der Waals surface area contributed by atoms with E-state index in [1.165, 1.54) is 6.20 Å². The number of hydrogen-bond donors (Lipinski definition) is 1. The minimum Gasteiger partial charge on any atom is -0.454 e. The third-order valence-electron chi connectivity index (χ3n) is 5.54. The topological polar surface area (TPSA) is 86.2 Å². The van der Waals surface area contributed by atoms with E-state index in [-0.39, 0.29) is 18.5 Å². The molecule has 156 valence electrons. The van der Waals surface area contributed by atoms with Crippen LogP contribution in [0.5, 0.6) is 0 Å². The van der Waals surface area contributed by atoms with Crippen LogP contribution in [0, 0.1) is 13.8 Å². The van der Waals surface area contributed by atoms with Crippen LogP contribution in [-0.4, -0.2) is 45.8 Å². The highest BCUT2D eigenvalue weighted by Crippen LogP contribution is 2.23. The molecule has 1 aromatic carbocycles. The van der Waals surface area contributed by atoms with Gasteiger partial charge in [-0.15, -0.1) is 0 Å². The maximum absolute atomic E-state index is 12.8. The Balaban J connectivity index is 1.43. The first-order valence-electron chi connectivity index (χ1n) is 10.1. The van der Waals surface area contributed by atoms with E-state index in [9.17, 15) is 9.59 Å². The quantitative estimate of drug-likeness (QED) is 0.477. The average Bonchev–Trinajstić information content (AvgIpc) is 3.50. The highest BCUT2D eigenvalue weighted by atomic mass is 16.5. The summed E-state index contributed by atoms with van der Waals surface area (Å²) in [6.45, 7) is 5.11. The molecule has 2 aromatic heterocycles. The number of aryl methyl sites for hydroxylation is 1. The number of nitrogens with one attached hydrogen (secondary N) is 1. The van der Waals surface area contributed by atoms with Crippen LogP contribution in [0.1, 0.15) is 44.9 Å². The number of rotatable bonds is 7. The number of carbonyl (C=O) groups is 2. The van der Waals surface area contributed by atoms with Crippen molar-refractivity contribution in [3.63, 3.8) is 0 Å². The molecule has 1 fully saturated rings. The number of aromatic nitrogens is 3. The third kappa shape index (κ3) is 4.07. The van der Waals surface area contributed by atoms with Crippen molar-refractivity contribution >= 4 is 11.8 Å². The summed E-state index contributed by atoms with van der Waals surface area (Å²) in [5, 5.41) is 6.78. The maximum Gasteiger partial charge on any atom is 0.342 e. The van der Waals surface area contributed by atoms with Gasteiger partial charge in [0.05, 0.1) is 18.0 Å². The van der Waals surface area contributed by atoms with Crippen molar-refractivity contribution in [1.29, 1.82) is 0 Å². The minimum absolute atomic E-state index is 0.188. The molecule has 7 heteroatoms. The highest BCUT2D eigenvalue weighted by Gasteiger charge is 2.23. The number of carbonyl (C=O) groups excluding carboxylic acids is 2. The van der Waals surface area contributed by atoms with E-state index >= 15 is 0 Å². The lowest BCUT2D eigenvalue weighted by atomic mass is 10.1. The van der Waals surface area contributed by atoms with Gasteiger partial charge in [0.25, 0.3) is 0 Å². The number of ether oxygens (including phenoxy) is 2. The molecule has 0 saturated carbocycles. The fourth-order valence-corrected chi connectivity index (χ4v) is 3.91. The van der Waals surface area contributed by atoms with E-state index < -0.39 is 5.97 Å². The monoisotopic (exact) mass is 407 g/mol. The van der Waals surface area contributed by atoms with Gasteiger partial charge in [0.2, 0.25) is 5.78 Å². The largest absolute Gasteiger partial charge is 0.454 e. The summed E-state index contributed by atoms with van der Waals surface area (Å²) < 4.78 is 13.1. The van der Waals surface area contributed by atoms with Crippen molar-refractivity contribution in [2.45, 2.75) is 39.3 Å². The summed E-state index contributed by atoms with van der Waals surface area (Å²) in [5.41, 5.74) is 4.15. The van der Waals surface area contributed by atoms with Crippen LogP contribution in [0.4, 0.5) is 0 Å². The molecule has 0 aliphatic carbocycles. The maximum atomic E-state index is 12.8. The van der Waals surface area contributed by atoms with E-state index in [1.54, 1.807) is 0 Å². The second kappa shape index (κ2) is 8.67. The molecule has 1 atom stereocenters. The Morgan fingerprint density at radius 2 is 2.03 bits per heavy atom. The standard InChI is InChI=1S/C23H25N3O4/c1-15-11-19(16(2)26(15)13-18-9-6-10-29-18)21(27)14-30-23(28)20-12-24-25-22(20)17-7-4-3-5-8-17/h3-5,7-8,11-12,18H,6,9-10,13-14H2,1-2H3,(H,24,25)/t18-/m0/s1. The smallest absolute Gasteiger partial charge is 0.342 e. The van der Waals surface area contributed by atoms with Crippen molar-refractivity contribution in [2.24, 2.45) is 0 Å². The van der Waals surface area contributed by atoms with Gasteiger partial charge in [-0.3, -0.25) is 9.89 Å². The van der Waals surface area contributed by atoms with Crippen molar-refractivity contribution in [2.75, 3.05) is 13.2 Å². The van der Waals surface area contributed by atoms with Gasteiger partial charge in [0.1, 0.15) is 5.56 Å². The number of H-pyrrole nitrogens is 1. The molecule has 1 aliphatic rings. The first kappa shape index (κ1) is 20.1. The number of esters is 1. The second-order valence-electron chi connectivity index (χ2n) is 7.55. The van der Waals surface area contributed by atoms with Gasteiger partial charge in [-0.2, -0.15) is 5.10 Å². The molecule has 0 amide bonds. The van der Waals surface area contributed by atoms with Gasteiger partial charge in [0, 0.05) is 35.7 Å². The van der Waals surface area contributed by atoms with Gasteiger partial charge in [0.15, 0.2) is 6.61 Å². The predicted molar refractivity (Wildman–Crippen MR) is 112 cm³/mol. The van der Waals surface area contributed by atoms with Crippen LogP contribution in [0.25, 0.3) is 11.3 Å². The number of ketones is 1. The number of hydrogen-bond acceptors (Lipinski definition) is 5. The van der Waals surface area contributed by atoms with Crippen molar-refractivity contribution < 1.29 is 19.1 Å². The highest BCUT2D eigenvalue weighted by molar-refractivity contribution is 6.01. The van der Waals surface area contributed by atoms with Crippen LogP contribution in [0.2, 0.25) is 0 Å². The molecular weight excluding hydrogens is 382 g/mol. The average molecular weight is 407 g/mol. The predicted octanol–water partition coefficient (Wildman–Crippen LogP) is 3.71. The first-order chi connectivity index (χ1) is 14.5. The van der Waals surface area contributed by atoms with Crippen LogP contribution >= 0.6 is 0 Å². The summed E-state index contributed by atoms with van der Waals surface area (Å²) in [6.07, 6.45) is 3.72. The number of aromatic amines is 1. The molecule has 1 aliphatic heterocycles. The lowest BCUT2D eigenvalue weighted by Crippen LogP contribution is -2.18. The number of Topliss-reactive ketones (excluding diaryl/α,β-unsaturated/α-hetero) is 1. The summed E-state index contributed by atoms with van der Waals surface area (Å²) >= 11 is 0. The summed E-state index contributed by atoms with van der Waals surface area (Å²) in [7, 11) is 0. The lowest BCUT2D eigenvalue weighted by Gasteiger charge is -2.14. The zero-order chi connectivity index (χ0) is 21.1. The first-order valence-corrected chi connectivity index (χ1v) is 10.1.